The Balaban J connectivity index is 0.000000184. The summed E-state index contributed by atoms with van der Waals surface area (Å²) in [6.45, 7) is 0. The molecule has 0 heterocycles. The van der Waals surface area contributed by atoms with E-state index in [1.165, 1.54) is 18.2 Å². The first-order valence-electron chi connectivity index (χ1n) is 5.17. The Morgan fingerprint density at radius 2 is 1.50 bits per heavy atom. The highest BCUT2D eigenvalue weighted by Crippen LogP contribution is 2.14. The van der Waals surface area contributed by atoms with Gasteiger partial charge in [-0.15, -0.1) is 0 Å². The molecule has 5 nitrogen and oxygen atoms in total. The molecular formula is C13H14N2O3. The number of hydrazine groups is 1. The number of phenols is 2. The molecule has 0 aliphatic carbocycles. The third kappa shape index (κ3) is 4.54. The van der Waals surface area contributed by atoms with Gasteiger partial charge in [0.15, 0.2) is 0 Å². The maximum atomic E-state index is 10.8. The molecule has 5 N–H and O–H groups in total. The van der Waals surface area contributed by atoms with Crippen molar-refractivity contribution < 1.29 is 15.0 Å². The molecule has 0 aromatic heterocycles. The minimum absolute atomic E-state index is 0.0880. The topological polar surface area (TPSA) is 95.6 Å². The smallest absolute Gasteiger partial charge is 0.265 e. The summed E-state index contributed by atoms with van der Waals surface area (Å²) in [5.41, 5.74) is 2.62. The molecule has 5 heteroatoms. The summed E-state index contributed by atoms with van der Waals surface area (Å²) in [4.78, 5) is 10.8. The second kappa shape index (κ2) is 6.93. The van der Waals surface area contributed by atoms with Crippen LogP contribution in [-0.2, 0) is 0 Å². The first-order valence-corrected chi connectivity index (χ1v) is 5.17. The second-order valence-electron chi connectivity index (χ2n) is 3.36. The van der Waals surface area contributed by atoms with Crippen LogP contribution >= 0.6 is 0 Å². The number of hydrogen-bond acceptors (Lipinski definition) is 4. The molecule has 0 aliphatic heterocycles. The van der Waals surface area contributed by atoms with Crippen LogP contribution in [-0.4, -0.2) is 16.1 Å². The molecule has 2 aromatic rings. The summed E-state index contributed by atoms with van der Waals surface area (Å²) < 4.78 is 0. The molecule has 1 amide bonds. The fourth-order valence-electron chi connectivity index (χ4n) is 1.17. The number of nitrogens with one attached hydrogen (secondary N) is 1. The highest BCUT2D eigenvalue weighted by Gasteiger charge is 1.98. The van der Waals surface area contributed by atoms with Crippen LogP contribution in [0.1, 0.15) is 10.4 Å². The first-order chi connectivity index (χ1) is 8.63. The van der Waals surface area contributed by atoms with Crippen molar-refractivity contribution in [1.82, 2.24) is 5.43 Å². The van der Waals surface area contributed by atoms with E-state index in [1.807, 2.05) is 11.5 Å². The molecule has 2 aromatic carbocycles. The number of rotatable bonds is 1. The summed E-state index contributed by atoms with van der Waals surface area (Å²) in [7, 11) is 0. The van der Waals surface area contributed by atoms with Crippen molar-refractivity contribution in [3.8, 4) is 11.5 Å². The van der Waals surface area contributed by atoms with Crippen molar-refractivity contribution in [2.45, 2.75) is 0 Å². The molecule has 0 radical (unpaired) electrons. The Kier molecular flexibility index (Phi) is 5.21. The molecular weight excluding hydrogens is 232 g/mol. The summed E-state index contributed by atoms with van der Waals surface area (Å²) in [5.74, 6) is 4.82. The van der Waals surface area contributed by atoms with Crippen LogP contribution in [0.4, 0.5) is 0 Å². The minimum Gasteiger partial charge on any atom is -0.508 e. The maximum absolute atomic E-state index is 10.8. The van der Waals surface area contributed by atoms with Gasteiger partial charge in [0.25, 0.3) is 5.91 Å². The van der Waals surface area contributed by atoms with Crippen LogP contribution in [0.5, 0.6) is 11.5 Å². The van der Waals surface area contributed by atoms with Gasteiger partial charge >= 0.3 is 0 Å². The lowest BCUT2D eigenvalue weighted by Crippen LogP contribution is -2.29. The van der Waals surface area contributed by atoms with E-state index in [0.717, 1.165) is 0 Å². The van der Waals surface area contributed by atoms with E-state index in [0.29, 0.717) is 5.56 Å². The Morgan fingerprint density at radius 3 is 1.89 bits per heavy atom. The molecule has 0 fully saturated rings. The molecule has 0 saturated carbocycles. The predicted molar refractivity (Wildman–Crippen MR) is 67.9 cm³/mol. The number of carbonyl (C=O) groups is 1. The van der Waals surface area contributed by atoms with E-state index < -0.39 is 0 Å². The molecule has 0 saturated heterocycles. The molecule has 18 heavy (non-hydrogen) atoms. The quantitative estimate of drug-likeness (QED) is 0.347. The average Bonchev–Trinajstić information content (AvgIpc) is 2.39. The largest absolute Gasteiger partial charge is 0.508 e. The highest BCUT2D eigenvalue weighted by molar-refractivity contribution is 5.93. The lowest BCUT2D eigenvalue weighted by Gasteiger charge is -1.95. The van der Waals surface area contributed by atoms with E-state index in [1.54, 1.807) is 30.3 Å². The molecule has 0 aliphatic rings. The zero-order valence-corrected chi connectivity index (χ0v) is 9.58. The van der Waals surface area contributed by atoms with Gasteiger partial charge in [0.05, 0.1) is 0 Å². The van der Waals surface area contributed by atoms with Crippen LogP contribution in [0.25, 0.3) is 0 Å². The van der Waals surface area contributed by atoms with E-state index >= 15 is 0 Å². The zero-order chi connectivity index (χ0) is 13.4. The van der Waals surface area contributed by atoms with Crippen molar-refractivity contribution in [3.05, 3.63) is 60.2 Å². The second-order valence-corrected chi connectivity index (χ2v) is 3.36. The Labute approximate surface area is 104 Å². The normalized spacial score (nSPS) is 8.94. The third-order valence-electron chi connectivity index (χ3n) is 2.00. The highest BCUT2D eigenvalue weighted by atomic mass is 16.3. The van der Waals surface area contributed by atoms with Crippen LogP contribution in [0.15, 0.2) is 54.6 Å². The first kappa shape index (κ1) is 13.5. The summed E-state index contributed by atoms with van der Waals surface area (Å²) in [6.07, 6.45) is 0. The third-order valence-corrected chi connectivity index (χ3v) is 2.00. The Morgan fingerprint density at radius 1 is 0.944 bits per heavy atom. The van der Waals surface area contributed by atoms with Crippen LogP contribution in [0.2, 0.25) is 0 Å². The van der Waals surface area contributed by atoms with Crippen LogP contribution < -0.4 is 11.3 Å². The number of nitrogen functional groups attached to an aromatic ring is 1. The predicted octanol–water partition coefficient (Wildman–Crippen LogP) is 1.39. The lowest BCUT2D eigenvalue weighted by atomic mass is 10.2. The monoisotopic (exact) mass is 246 g/mol. The van der Waals surface area contributed by atoms with Gasteiger partial charge < -0.3 is 10.2 Å². The number of nitrogens with two attached hydrogens (primary N) is 1. The number of benzene rings is 2. The number of amides is 1. The SMILES string of the molecule is NNC(=O)c1ccccc1.Oc1cccc(O)c1. The Hall–Kier alpha value is -2.53. The maximum Gasteiger partial charge on any atom is 0.265 e. The Bertz CT molecular complexity index is 483. The van der Waals surface area contributed by atoms with Crippen LogP contribution in [0.3, 0.4) is 0 Å². The molecule has 0 spiro atoms. The van der Waals surface area contributed by atoms with Gasteiger partial charge in [-0.2, -0.15) is 0 Å². The van der Waals surface area contributed by atoms with Crippen molar-refractivity contribution in [2.75, 3.05) is 0 Å². The summed E-state index contributed by atoms with van der Waals surface area (Å²) in [6, 6.07) is 14.6. The van der Waals surface area contributed by atoms with Gasteiger partial charge in [0.2, 0.25) is 0 Å². The van der Waals surface area contributed by atoms with E-state index in [9.17, 15) is 4.79 Å². The van der Waals surface area contributed by atoms with Crippen molar-refractivity contribution >= 4 is 5.91 Å². The van der Waals surface area contributed by atoms with Gasteiger partial charge in [0, 0.05) is 11.6 Å². The number of carbonyl (C=O) groups excluding carboxylic acids is 1. The van der Waals surface area contributed by atoms with Gasteiger partial charge in [0.1, 0.15) is 11.5 Å². The van der Waals surface area contributed by atoms with E-state index in [-0.39, 0.29) is 17.4 Å². The standard InChI is InChI=1S/C7H8N2O.C6H6O2/c8-9-7(10)6-4-2-1-3-5-6;7-5-2-1-3-6(8)4-5/h1-5H,8H2,(H,9,10);1-4,7-8H. The fraction of sp³-hybridized carbons (Fsp3) is 0. The molecule has 2 rings (SSSR count). The van der Waals surface area contributed by atoms with Gasteiger partial charge in [-0.05, 0) is 24.3 Å². The van der Waals surface area contributed by atoms with Gasteiger partial charge in [-0.3, -0.25) is 10.2 Å². The number of phenolic OH excluding ortho intramolecular Hbond substituents is 2. The van der Waals surface area contributed by atoms with Crippen molar-refractivity contribution in [2.24, 2.45) is 5.84 Å². The molecule has 0 bridgehead atoms. The average molecular weight is 246 g/mol. The summed E-state index contributed by atoms with van der Waals surface area (Å²) in [5, 5.41) is 17.3. The lowest BCUT2D eigenvalue weighted by molar-refractivity contribution is 0.0953. The van der Waals surface area contributed by atoms with E-state index in [4.69, 9.17) is 16.1 Å². The van der Waals surface area contributed by atoms with Crippen molar-refractivity contribution in [1.29, 1.82) is 0 Å². The molecule has 94 valence electrons. The van der Waals surface area contributed by atoms with Gasteiger partial charge in [-0.1, -0.05) is 24.3 Å². The van der Waals surface area contributed by atoms with Crippen LogP contribution in [0, 0.1) is 0 Å². The minimum atomic E-state index is -0.263. The van der Waals surface area contributed by atoms with Gasteiger partial charge in [-0.25, -0.2) is 5.84 Å². The number of hydrogen-bond donors (Lipinski definition) is 4. The molecule has 0 atom stereocenters. The summed E-state index contributed by atoms with van der Waals surface area (Å²) >= 11 is 0. The molecule has 0 unspecified atom stereocenters. The van der Waals surface area contributed by atoms with Crippen molar-refractivity contribution in [3.63, 3.8) is 0 Å². The zero-order valence-electron chi connectivity index (χ0n) is 9.58. The van der Waals surface area contributed by atoms with E-state index in [2.05, 4.69) is 0 Å². The fourth-order valence-corrected chi connectivity index (χ4v) is 1.17. The number of aromatic hydroxyl groups is 2.